The SMILES string of the molecule is CN1CC[C@@]2(c3ccccc3)CC1Cc1ccccc12. The molecule has 2 atom stereocenters. The van der Waals surface area contributed by atoms with Crippen molar-refractivity contribution in [3.05, 3.63) is 71.3 Å². The Morgan fingerprint density at radius 3 is 2.60 bits per heavy atom. The molecule has 1 heterocycles. The van der Waals surface area contributed by atoms with Crippen molar-refractivity contribution >= 4 is 0 Å². The van der Waals surface area contributed by atoms with Crippen LogP contribution in [0, 0.1) is 0 Å². The van der Waals surface area contributed by atoms with Crippen LogP contribution in [-0.4, -0.2) is 24.5 Å². The molecule has 1 nitrogen and oxygen atoms in total. The molecule has 1 saturated heterocycles. The maximum atomic E-state index is 2.55. The predicted molar refractivity (Wildman–Crippen MR) is 83.0 cm³/mol. The van der Waals surface area contributed by atoms with Crippen LogP contribution in [0.2, 0.25) is 0 Å². The molecule has 2 bridgehead atoms. The average Bonchev–Trinajstić information content (AvgIpc) is 2.52. The molecule has 102 valence electrons. The fourth-order valence-electron chi connectivity index (χ4n) is 4.28. The van der Waals surface area contributed by atoms with Gasteiger partial charge in [0, 0.05) is 11.5 Å². The highest BCUT2D eigenvalue weighted by Gasteiger charge is 2.45. The molecule has 0 spiro atoms. The Morgan fingerprint density at radius 2 is 1.75 bits per heavy atom. The normalized spacial score (nSPS) is 28.9. The molecule has 1 aliphatic carbocycles. The van der Waals surface area contributed by atoms with Gasteiger partial charge in [0.15, 0.2) is 0 Å². The molecule has 1 fully saturated rings. The molecule has 1 aliphatic heterocycles. The third-order valence-corrected chi connectivity index (χ3v) is 5.41. The zero-order valence-electron chi connectivity index (χ0n) is 12.0. The molecule has 0 aromatic heterocycles. The molecule has 20 heavy (non-hydrogen) atoms. The maximum Gasteiger partial charge on any atom is 0.0232 e. The van der Waals surface area contributed by atoms with Crippen LogP contribution in [0.4, 0.5) is 0 Å². The van der Waals surface area contributed by atoms with E-state index in [9.17, 15) is 0 Å². The number of likely N-dealkylation sites (N-methyl/N-ethyl adjacent to an activating group) is 1. The largest absolute Gasteiger partial charge is 0.303 e. The summed E-state index contributed by atoms with van der Waals surface area (Å²) in [5, 5.41) is 0. The summed E-state index contributed by atoms with van der Waals surface area (Å²) < 4.78 is 0. The van der Waals surface area contributed by atoms with Crippen molar-refractivity contribution in [2.75, 3.05) is 13.6 Å². The molecule has 2 aromatic carbocycles. The van der Waals surface area contributed by atoms with Crippen LogP contribution in [-0.2, 0) is 11.8 Å². The van der Waals surface area contributed by atoms with Gasteiger partial charge in [-0.1, -0.05) is 54.6 Å². The van der Waals surface area contributed by atoms with Gasteiger partial charge >= 0.3 is 0 Å². The highest BCUT2D eigenvalue weighted by molar-refractivity contribution is 5.47. The first-order valence-electron chi connectivity index (χ1n) is 7.64. The number of hydrogen-bond acceptors (Lipinski definition) is 1. The van der Waals surface area contributed by atoms with Gasteiger partial charge in [-0.05, 0) is 49.5 Å². The first-order chi connectivity index (χ1) is 9.79. The van der Waals surface area contributed by atoms with Gasteiger partial charge in [-0.25, -0.2) is 0 Å². The molecule has 4 rings (SSSR count). The molecular formula is C19H21N. The van der Waals surface area contributed by atoms with Crippen LogP contribution in [0.15, 0.2) is 54.6 Å². The quantitative estimate of drug-likeness (QED) is 0.759. The lowest BCUT2D eigenvalue weighted by molar-refractivity contribution is 0.123. The van der Waals surface area contributed by atoms with Crippen molar-refractivity contribution in [3.63, 3.8) is 0 Å². The highest BCUT2D eigenvalue weighted by Crippen LogP contribution is 2.48. The van der Waals surface area contributed by atoms with Crippen LogP contribution < -0.4 is 0 Å². The molecule has 0 N–H and O–H groups in total. The monoisotopic (exact) mass is 263 g/mol. The number of fused-ring (bicyclic) bond motifs is 4. The van der Waals surface area contributed by atoms with E-state index < -0.39 is 0 Å². The van der Waals surface area contributed by atoms with E-state index >= 15 is 0 Å². The van der Waals surface area contributed by atoms with Crippen LogP contribution in [0.5, 0.6) is 0 Å². The summed E-state index contributed by atoms with van der Waals surface area (Å²) in [5.41, 5.74) is 4.88. The second kappa shape index (κ2) is 4.46. The molecule has 2 aliphatic rings. The summed E-state index contributed by atoms with van der Waals surface area (Å²) in [4.78, 5) is 2.55. The summed E-state index contributed by atoms with van der Waals surface area (Å²) in [6.45, 7) is 1.20. The summed E-state index contributed by atoms with van der Waals surface area (Å²) >= 11 is 0. The number of likely N-dealkylation sites (tertiary alicyclic amines) is 1. The predicted octanol–water partition coefficient (Wildman–Crippen LogP) is 3.62. The third kappa shape index (κ3) is 1.66. The smallest absolute Gasteiger partial charge is 0.0232 e. The maximum absolute atomic E-state index is 2.55. The summed E-state index contributed by atoms with van der Waals surface area (Å²) in [5.74, 6) is 0. The standard InChI is InChI=1S/C19H21N/c1-20-12-11-19(16-8-3-2-4-9-16)14-17(20)13-15-7-5-6-10-18(15)19/h2-10,17H,11-14H2,1H3/t17?,19-/m0/s1. The van der Waals surface area contributed by atoms with E-state index in [1.807, 2.05) is 0 Å². The number of nitrogens with zero attached hydrogens (tertiary/aromatic N) is 1. The fraction of sp³-hybridized carbons (Fsp3) is 0.368. The fourth-order valence-corrected chi connectivity index (χ4v) is 4.28. The lowest BCUT2D eigenvalue weighted by atomic mass is 9.61. The second-order valence-corrected chi connectivity index (χ2v) is 6.40. The Morgan fingerprint density at radius 1 is 1.00 bits per heavy atom. The van der Waals surface area contributed by atoms with Gasteiger partial charge in [0.1, 0.15) is 0 Å². The van der Waals surface area contributed by atoms with E-state index in [-0.39, 0.29) is 5.41 Å². The first kappa shape index (κ1) is 12.2. The van der Waals surface area contributed by atoms with Crippen molar-refractivity contribution < 1.29 is 0 Å². The lowest BCUT2D eigenvalue weighted by Crippen LogP contribution is -2.52. The minimum absolute atomic E-state index is 0.243. The Bertz CT molecular complexity index is 619. The van der Waals surface area contributed by atoms with Gasteiger partial charge in [-0.15, -0.1) is 0 Å². The van der Waals surface area contributed by atoms with Gasteiger partial charge in [-0.2, -0.15) is 0 Å². The number of piperidine rings is 1. The van der Waals surface area contributed by atoms with Crippen molar-refractivity contribution in [3.8, 4) is 0 Å². The minimum Gasteiger partial charge on any atom is -0.303 e. The Labute approximate surface area is 121 Å². The topological polar surface area (TPSA) is 3.24 Å². The third-order valence-electron chi connectivity index (χ3n) is 5.41. The number of rotatable bonds is 1. The molecule has 0 amide bonds. The van der Waals surface area contributed by atoms with E-state index in [4.69, 9.17) is 0 Å². The molecule has 1 heteroatoms. The summed E-state index contributed by atoms with van der Waals surface area (Å²) in [6.07, 6.45) is 3.72. The molecule has 1 unspecified atom stereocenters. The van der Waals surface area contributed by atoms with Crippen LogP contribution >= 0.6 is 0 Å². The van der Waals surface area contributed by atoms with E-state index in [1.54, 1.807) is 11.1 Å². The van der Waals surface area contributed by atoms with Gasteiger partial charge in [0.05, 0.1) is 0 Å². The van der Waals surface area contributed by atoms with Gasteiger partial charge in [0.25, 0.3) is 0 Å². The van der Waals surface area contributed by atoms with Crippen molar-refractivity contribution in [1.82, 2.24) is 4.90 Å². The van der Waals surface area contributed by atoms with Gasteiger partial charge in [0.2, 0.25) is 0 Å². The van der Waals surface area contributed by atoms with Gasteiger partial charge < -0.3 is 4.90 Å². The molecule has 2 aromatic rings. The van der Waals surface area contributed by atoms with Crippen LogP contribution in [0.3, 0.4) is 0 Å². The number of benzene rings is 2. The molecule has 0 saturated carbocycles. The zero-order valence-corrected chi connectivity index (χ0v) is 12.0. The van der Waals surface area contributed by atoms with Crippen molar-refractivity contribution in [2.24, 2.45) is 0 Å². The summed E-state index contributed by atoms with van der Waals surface area (Å²) in [6, 6.07) is 20.9. The Balaban J connectivity index is 1.93. The van der Waals surface area contributed by atoms with Gasteiger partial charge in [-0.3, -0.25) is 0 Å². The average molecular weight is 263 g/mol. The highest BCUT2D eigenvalue weighted by atomic mass is 15.1. The van der Waals surface area contributed by atoms with Crippen LogP contribution in [0.25, 0.3) is 0 Å². The van der Waals surface area contributed by atoms with Crippen molar-refractivity contribution in [1.29, 1.82) is 0 Å². The first-order valence-corrected chi connectivity index (χ1v) is 7.64. The molecule has 0 radical (unpaired) electrons. The molecular weight excluding hydrogens is 242 g/mol. The van der Waals surface area contributed by atoms with Crippen molar-refractivity contribution in [2.45, 2.75) is 30.7 Å². The van der Waals surface area contributed by atoms with E-state index in [0.717, 1.165) is 0 Å². The van der Waals surface area contributed by atoms with Crippen LogP contribution in [0.1, 0.15) is 29.5 Å². The lowest BCUT2D eigenvalue weighted by Gasteiger charge is -2.50. The van der Waals surface area contributed by atoms with E-state index in [0.29, 0.717) is 6.04 Å². The van der Waals surface area contributed by atoms with E-state index in [1.165, 1.54) is 31.4 Å². The Kier molecular flexibility index (Phi) is 2.71. The second-order valence-electron chi connectivity index (χ2n) is 6.40. The summed E-state index contributed by atoms with van der Waals surface area (Å²) in [7, 11) is 2.29. The zero-order chi connectivity index (χ0) is 13.6. The minimum atomic E-state index is 0.243. The Hall–Kier alpha value is -1.60. The van der Waals surface area contributed by atoms with E-state index in [2.05, 4.69) is 66.5 Å². The number of hydrogen-bond donors (Lipinski definition) is 0.